The largest absolute Gasteiger partial charge is 0.257 e. The van der Waals surface area contributed by atoms with E-state index in [-0.39, 0.29) is 5.82 Å². The number of rotatable bonds is 7. The highest BCUT2D eigenvalue weighted by molar-refractivity contribution is 7.93. The molecule has 1 saturated carbocycles. The lowest BCUT2D eigenvalue weighted by atomic mass is 10.0. The van der Waals surface area contributed by atoms with E-state index in [9.17, 15) is 17.2 Å². The summed E-state index contributed by atoms with van der Waals surface area (Å²) < 4.78 is 55.8. The van der Waals surface area contributed by atoms with Gasteiger partial charge >= 0.3 is 0 Å². The zero-order valence-corrected chi connectivity index (χ0v) is 19.9. The average Bonchev–Trinajstić information content (AvgIpc) is 3.68. The van der Waals surface area contributed by atoms with Gasteiger partial charge in [-0.15, -0.1) is 0 Å². The molecule has 36 heavy (non-hydrogen) atoms. The van der Waals surface area contributed by atoms with Gasteiger partial charge in [0.05, 0.1) is 27.6 Å². The molecular formula is C27H22F2N4O2S. The van der Waals surface area contributed by atoms with Crippen LogP contribution in [0.3, 0.4) is 0 Å². The number of hydrogen-bond acceptors (Lipinski definition) is 4. The summed E-state index contributed by atoms with van der Waals surface area (Å²) in [4.78, 5) is 4.96. The Kier molecular flexibility index (Phi) is 5.44. The van der Waals surface area contributed by atoms with Crippen molar-refractivity contribution in [3.63, 3.8) is 0 Å². The maximum Gasteiger partial charge on any atom is 0.257 e. The van der Waals surface area contributed by atoms with Gasteiger partial charge in [0, 0.05) is 17.3 Å². The van der Waals surface area contributed by atoms with Gasteiger partial charge in [-0.3, -0.25) is 4.68 Å². The molecule has 0 spiro atoms. The number of alkyl halides is 2. The Morgan fingerprint density at radius 3 is 2.19 bits per heavy atom. The molecule has 0 N–H and O–H groups in total. The first-order chi connectivity index (χ1) is 17.4. The van der Waals surface area contributed by atoms with Gasteiger partial charge in [-0.2, -0.15) is 5.10 Å². The van der Waals surface area contributed by atoms with Crippen molar-refractivity contribution in [3.05, 3.63) is 95.7 Å². The Morgan fingerprint density at radius 2 is 1.61 bits per heavy atom. The summed E-state index contributed by atoms with van der Waals surface area (Å²) in [6.07, 6.45) is 1.65. The van der Waals surface area contributed by atoms with E-state index in [4.69, 9.17) is 4.99 Å². The molecule has 0 atom stereocenters. The normalized spacial score (nSPS) is 15.0. The number of benzene rings is 3. The van der Waals surface area contributed by atoms with Crippen LogP contribution in [-0.4, -0.2) is 35.6 Å². The average molecular weight is 505 g/mol. The number of aromatic nitrogens is 2. The molecule has 0 bridgehead atoms. The zero-order valence-electron chi connectivity index (χ0n) is 19.1. The molecule has 1 aliphatic carbocycles. The fourth-order valence-corrected chi connectivity index (χ4v) is 6.16. The number of nitrogens with zero attached hydrogens (tertiary/aromatic N) is 4. The second-order valence-electron chi connectivity index (χ2n) is 8.84. The summed E-state index contributed by atoms with van der Waals surface area (Å²) >= 11 is 0. The molecule has 1 aliphatic heterocycles. The Labute approximate surface area is 207 Å². The van der Waals surface area contributed by atoms with Gasteiger partial charge in [-0.25, -0.2) is 26.5 Å². The monoisotopic (exact) mass is 504 g/mol. The van der Waals surface area contributed by atoms with E-state index in [2.05, 4.69) is 5.10 Å². The van der Waals surface area contributed by atoms with Crippen molar-refractivity contribution in [3.8, 4) is 0 Å². The van der Waals surface area contributed by atoms with Crippen LogP contribution in [0.1, 0.15) is 29.5 Å². The smallest absolute Gasteiger partial charge is 0.255 e. The summed E-state index contributed by atoms with van der Waals surface area (Å²) in [5.41, 5.74) is 3.94. The third-order valence-electron chi connectivity index (χ3n) is 6.34. The van der Waals surface area contributed by atoms with E-state index in [1.54, 1.807) is 12.1 Å². The fourth-order valence-electron chi connectivity index (χ4n) is 4.51. The summed E-state index contributed by atoms with van der Waals surface area (Å²) in [7, 11) is -3.67. The third-order valence-corrected chi connectivity index (χ3v) is 8.50. The Bertz CT molecular complexity index is 1570. The Morgan fingerprint density at radius 1 is 0.972 bits per heavy atom. The van der Waals surface area contributed by atoms with Crippen LogP contribution in [0.5, 0.6) is 0 Å². The quantitative estimate of drug-likeness (QED) is 0.301. The highest BCUT2D eigenvalue weighted by atomic mass is 32.2. The van der Waals surface area contributed by atoms with Crippen molar-refractivity contribution in [1.82, 2.24) is 9.78 Å². The summed E-state index contributed by atoms with van der Waals surface area (Å²) in [6.45, 7) is -0.675. The minimum absolute atomic E-state index is 0.146. The summed E-state index contributed by atoms with van der Waals surface area (Å²) in [5, 5.41) is 4.43. The van der Waals surface area contributed by atoms with Gasteiger partial charge in [0.2, 0.25) is 10.0 Å². The van der Waals surface area contributed by atoms with E-state index in [0.717, 1.165) is 15.4 Å². The molecular weight excluding hydrogens is 482 g/mol. The van der Waals surface area contributed by atoms with Gasteiger partial charge in [0.15, 0.2) is 5.82 Å². The molecule has 182 valence electrons. The molecule has 6 nitrogen and oxygen atoms in total. The predicted octanol–water partition coefficient (Wildman–Crippen LogP) is 5.75. The zero-order chi connectivity index (χ0) is 24.9. The summed E-state index contributed by atoms with van der Waals surface area (Å²) in [6, 6.07) is 22.8. The van der Waals surface area contributed by atoms with Crippen molar-refractivity contribution in [2.75, 3.05) is 4.31 Å². The number of aliphatic imine (C=N–C) groups is 1. The van der Waals surface area contributed by atoms with Crippen LogP contribution in [0.2, 0.25) is 0 Å². The first-order valence-electron chi connectivity index (χ1n) is 11.7. The molecule has 2 heterocycles. The van der Waals surface area contributed by atoms with Gasteiger partial charge in [0.1, 0.15) is 6.54 Å². The van der Waals surface area contributed by atoms with E-state index < -0.39 is 28.2 Å². The van der Waals surface area contributed by atoms with Crippen LogP contribution in [0.15, 0.2) is 84.0 Å². The molecule has 1 fully saturated rings. The van der Waals surface area contributed by atoms with Crippen LogP contribution in [0.4, 0.5) is 20.3 Å². The maximum atomic E-state index is 13.6. The van der Waals surface area contributed by atoms with Crippen molar-refractivity contribution in [2.45, 2.75) is 31.1 Å². The highest BCUT2D eigenvalue weighted by Crippen LogP contribution is 2.43. The number of halogens is 2. The van der Waals surface area contributed by atoms with Gasteiger partial charge in [0.25, 0.3) is 6.43 Å². The van der Waals surface area contributed by atoms with Crippen LogP contribution >= 0.6 is 0 Å². The molecule has 2 aliphatic rings. The molecule has 0 saturated heterocycles. The number of hydrogen-bond donors (Lipinski definition) is 0. The molecule has 0 amide bonds. The molecule has 3 aromatic carbocycles. The predicted molar refractivity (Wildman–Crippen MR) is 137 cm³/mol. The Balaban J connectivity index is 1.60. The second-order valence-corrected chi connectivity index (χ2v) is 10.9. The number of sulfonamides is 1. The minimum Gasteiger partial charge on any atom is -0.255 e. The van der Waals surface area contributed by atoms with Crippen LogP contribution in [-0.2, 0) is 16.6 Å². The van der Waals surface area contributed by atoms with Crippen LogP contribution in [0.25, 0.3) is 17.0 Å². The van der Waals surface area contributed by atoms with Crippen molar-refractivity contribution < 1.29 is 17.2 Å². The fraction of sp³-hybridized carbons (Fsp3) is 0.185. The minimum atomic E-state index is -3.67. The van der Waals surface area contributed by atoms with Crippen molar-refractivity contribution in [2.24, 2.45) is 4.99 Å². The van der Waals surface area contributed by atoms with Gasteiger partial charge in [-0.05, 0) is 30.5 Å². The SMILES string of the molecule is O=S(=O)(C1CC1)N1C=Cc2ccc(N=C(c3ccccc3)c3ccccc3)c3c2c1nn3CC(F)F. The highest BCUT2D eigenvalue weighted by Gasteiger charge is 2.42. The Hall–Kier alpha value is -3.85. The second kappa shape index (κ2) is 8.67. The molecule has 1 aromatic heterocycles. The van der Waals surface area contributed by atoms with Gasteiger partial charge in [-0.1, -0.05) is 66.7 Å². The molecule has 6 rings (SSSR count). The van der Waals surface area contributed by atoms with E-state index in [0.29, 0.717) is 40.7 Å². The van der Waals surface area contributed by atoms with Crippen molar-refractivity contribution in [1.29, 1.82) is 0 Å². The summed E-state index contributed by atoms with van der Waals surface area (Å²) in [5.74, 6) is 0.146. The molecule has 4 aromatic rings. The van der Waals surface area contributed by atoms with Gasteiger partial charge < -0.3 is 0 Å². The van der Waals surface area contributed by atoms with E-state index in [1.165, 1.54) is 10.9 Å². The van der Waals surface area contributed by atoms with E-state index >= 15 is 0 Å². The first kappa shape index (κ1) is 22.6. The van der Waals surface area contributed by atoms with Crippen LogP contribution in [0, 0.1) is 0 Å². The first-order valence-corrected chi connectivity index (χ1v) is 13.2. The lowest BCUT2D eigenvalue weighted by molar-refractivity contribution is 0.123. The standard InChI is InChI=1S/C27H22F2N4O2S/c28-23(29)17-32-26-22(30-25(19-7-3-1-4-8-19)20-9-5-2-6-10-20)14-11-18-15-16-33(27(31-32)24(18)26)36(34,35)21-12-13-21/h1-11,14-16,21,23H,12-13,17H2. The van der Waals surface area contributed by atoms with Crippen LogP contribution < -0.4 is 4.31 Å². The molecule has 9 heteroatoms. The molecule has 0 unspecified atom stereocenters. The molecule has 0 radical (unpaired) electrons. The third kappa shape index (κ3) is 3.89. The number of anilines is 1. The topological polar surface area (TPSA) is 67.6 Å². The lowest BCUT2D eigenvalue weighted by Crippen LogP contribution is -2.30. The van der Waals surface area contributed by atoms with Crippen molar-refractivity contribution >= 4 is 44.2 Å². The lowest BCUT2D eigenvalue weighted by Gasteiger charge is -2.21. The maximum absolute atomic E-state index is 13.6. The van der Waals surface area contributed by atoms with E-state index in [1.807, 2.05) is 66.7 Å².